The molecule has 39 heavy (non-hydrogen) atoms. The van der Waals surface area contributed by atoms with Gasteiger partial charge in [-0.2, -0.15) is 0 Å². The first kappa shape index (κ1) is 29.7. The molecule has 8 nitrogen and oxygen atoms in total. The first-order valence-corrected chi connectivity index (χ1v) is 14.4. The second-order valence-corrected chi connectivity index (χ2v) is 11.3. The summed E-state index contributed by atoms with van der Waals surface area (Å²) in [6, 6.07) is 21.3. The Morgan fingerprint density at radius 1 is 0.949 bits per heavy atom. The van der Waals surface area contributed by atoms with Gasteiger partial charge in [-0.1, -0.05) is 55.5 Å². The predicted octanol–water partition coefficient (Wildman–Crippen LogP) is 4.53. The van der Waals surface area contributed by atoms with Crippen LogP contribution in [0.3, 0.4) is 0 Å². The molecule has 0 aliphatic heterocycles. The van der Waals surface area contributed by atoms with Crippen molar-refractivity contribution in [1.29, 1.82) is 0 Å². The maximum atomic E-state index is 14.0. The summed E-state index contributed by atoms with van der Waals surface area (Å²) in [6.07, 6.45) is 0.735. The lowest BCUT2D eigenvalue weighted by atomic mass is 10.1. The van der Waals surface area contributed by atoms with E-state index in [0.717, 1.165) is 16.3 Å². The number of aryl methyl sites for hydroxylation is 1. The number of carbonyl (C=O) groups excluding carboxylic acids is 2. The van der Waals surface area contributed by atoms with Gasteiger partial charge in [-0.25, -0.2) is 8.42 Å². The van der Waals surface area contributed by atoms with Crippen molar-refractivity contribution < 1.29 is 22.7 Å². The lowest BCUT2D eigenvalue weighted by Crippen LogP contribution is -2.52. The quantitative estimate of drug-likeness (QED) is 0.357. The molecule has 0 saturated heterocycles. The van der Waals surface area contributed by atoms with Gasteiger partial charge in [0.15, 0.2) is 0 Å². The number of nitrogens with zero attached hydrogens (tertiary/aromatic N) is 2. The van der Waals surface area contributed by atoms with E-state index in [0.29, 0.717) is 17.0 Å². The summed E-state index contributed by atoms with van der Waals surface area (Å²) in [5.41, 5.74) is 1.85. The second-order valence-electron chi connectivity index (χ2n) is 9.48. The number of sulfonamides is 1. The van der Waals surface area contributed by atoms with Crippen LogP contribution in [0.2, 0.25) is 0 Å². The fourth-order valence-electron chi connectivity index (χ4n) is 4.09. The SMILES string of the molecule is CC[C@H](C)NC(=O)[C@H](C)N(Cc1cccc(OC)c1)C(=O)CN(c1ccccc1C)S(=O)(=O)c1ccccc1. The summed E-state index contributed by atoms with van der Waals surface area (Å²) in [5.74, 6) is -0.203. The van der Waals surface area contributed by atoms with Crippen LogP contribution in [-0.4, -0.2) is 50.9 Å². The highest BCUT2D eigenvalue weighted by Gasteiger charge is 2.33. The number of benzene rings is 3. The van der Waals surface area contributed by atoms with Gasteiger partial charge in [0.1, 0.15) is 18.3 Å². The number of rotatable bonds is 12. The zero-order chi connectivity index (χ0) is 28.6. The van der Waals surface area contributed by atoms with Gasteiger partial charge in [0.25, 0.3) is 10.0 Å². The second kappa shape index (κ2) is 13.3. The molecule has 9 heteroatoms. The van der Waals surface area contributed by atoms with Gasteiger partial charge in [-0.3, -0.25) is 13.9 Å². The van der Waals surface area contributed by atoms with E-state index in [1.54, 1.807) is 75.6 Å². The van der Waals surface area contributed by atoms with Crippen LogP contribution >= 0.6 is 0 Å². The molecule has 2 atom stereocenters. The molecule has 0 aromatic heterocycles. The van der Waals surface area contributed by atoms with Crippen LogP contribution in [0.15, 0.2) is 83.8 Å². The molecule has 0 aliphatic carbocycles. The molecule has 0 unspecified atom stereocenters. The summed E-state index contributed by atoms with van der Waals surface area (Å²) >= 11 is 0. The Hall–Kier alpha value is -3.85. The van der Waals surface area contributed by atoms with Crippen molar-refractivity contribution >= 4 is 27.5 Å². The van der Waals surface area contributed by atoms with E-state index < -0.39 is 28.5 Å². The zero-order valence-electron chi connectivity index (χ0n) is 23.1. The number of amides is 2. The van der Waals surface area contributed by atoms with Gasteiger partial charge >= 0.3 is 0 Å². The highest BCUT2D eigenvalue weighted by atomic mass is 32.2. The molecule has 0 radical (unpaired) electrons. The van der Waals surface area contributed by atoms with Crippen molar-refractivity contribution in [1.82, 2.24) is 10.2 Å². The maximum Gasteiger partial charge on any atom is 0.264 e. The van der Waals surface area contributed by atoms with Crippen LogP contribution in [-0.2, 0) is 26.2 Å². The number of carbonyl (C=O) groups is 2. The van der Waals surface area contributed by atoms with Crippen LogP contribution in [0.4, 0.5) is 5.69 Å². The van der Waals surface area contributed by atoms with Crippen molar-refractivity contribution in [2.45, 2.75) is 57.6 Å². The molecular formula is C30H37N3O5S. The monoisotopic (exact) mass is 551 g/mol. The lowest BCUT2D eigenvalue weighted by Gasteiger charge is -2.33. The summed E-state index contributed by atoms with van der Waals surface area (Å²) in [7, 11) is -2.54. The third-order valence-corrected chi connectivity index (χ3v) is 8.42. The zero-order valence-corrected chi connectivity index (χ0v) is 23.9. The standard InChI is InChI=1S/C30H37N3O5S/c1-6-23(3)31-30(35)24(4)32(20-25-14-12-15-26(19-25)38-5)29(34)21-33(28-18-11-10-13-22(28)2)39(36,37)27-16-8-7-9-17-27/h7-19,23-24H,6,20-21H2,1-5H3,(H,31,35)/t23-,24-/m0/s1. The Kier molecular flexibility index (Phi) is 10.1. The fourth-order valence-corrected chi connectivity index (χ4v) is 5.59. The van der Waals surface area contributed by atoms with Gasteiger partial charge in [-0.05, 0) is 68.7 Å². The topological polar surface area (TPSA) is 96.0 Å². The molecule has 0 bridgehead atoms. The molecule has 0 spiro atoms. The molecule has 3 aromatic rings. The Balaban J connectivity index is 2.03. The first-order valence-electron chi connectivity index (χ1n) is 12.9. The van der Waals surface area contributed by atoms with Gasteiger partial charge in [0, 0.05) is 12.6 Å². The molecule has 2 amide bonds. The minimum atomic E-state index is -4.09. The van der Waals surface area contributed by atoms with Crippen molar-refractivity contribution in [3.63, 3.8) is 0 Å². The number of ether oxygens (including phenoxy) is 1. The highest BCUT2D eigenvalue weighted by molar-refractivity contribution is 7.92. The summed E-state index contributed by atoms with van der Waals surface area (Å²) in [4.78, 5) is 28.6. The van der Waals surface area contributed by atoms with Crippen LogP contribution in [0.5, 0.6) is 5.75 Å². The van der Waals surface area contributed by atoms with E-state index in [-0.39, 0.29) is 23.4 Å². The van der Waals surface area contributed by atoms with Crippen LogP contribution in [0, 0.1) is 6.92 Å². The number of hydrogen-bond donors (Lipinski definition) is 1. The molecule has 3 aromatic carbocycles. The molecule has 0 fully saturated rings. The van der Waals surface area contributed by atoms with Crippen molar-refractivity contribution in [2.75, 3.05) is 18.0 Å². The third-order valence-electron chi connectivity index (χ3n) is 6.65. The van der Waals surface area contributed by atoms with Gasteiger partial charge in [0.2, 0.25) is 11.8 Å². The molecule has 0 saturated carbocycles. The minimum absolute atomic E-state index is 0.0722. The smallest absolute Gasteiger partial charge is 0.264 e. The van der Waals surface area contributed by atoms with Gasteiger partial charge in [-0.15, -0.1) is 0 Å². The van der Waals surface area contributed by atoms with Crippen molar-refractivity contribution in [2.24, 2.45) is 0 Å². The summed E-state index contributed by atoms with van der Waals surface area (Å²) in [6.45, 7) is 6.92. The largest absolute Gasteiger partial charge is 0.497 e. The van der Waals surface area contributed by atoms with Gasteiger partial charge in [0.05, 0.1) is 17.7 Å². The molecule has 3 rings (SSSR count). The molecular weight excluding hydrogens is 514 g/mol. The first-order chi connectivity index (χ1) is 18.6. The lowest BCUT2D eigenvalue weighted by molar-refractivity contribution is -0.139. The molecule has 0 heterocycles. The van der Waals surface area contributed by atoms with Crippen molar-refractivity contribution in [3.8, 4) is 5.75 Å². The highest BCUT2D eigenvalue weighted by Crippen LogP contribution is 2.27. The molecule has 0 aliphatic rings. The molecule has 1 N–H and O–H groups in total. The van der Waals surface area contributed by atoms with Crippen LogP contribution < -0.4 is 14.4 Å². The van der Waals surface area contributed by atoms with E-state index in [9.17, 15) is 18.0 Å². The minimum Gasteiger partial charge on any atom is -0.497 e. The normalized spacial score (nSPS) is 12.7. The van der Waals surface area contributed by atoms with Gasteiger partial charge < -0.3 is 15.0 Å². The third kappa shape index (κ3) is 7.38. The van der Waals surface area contributed by atoms with Crippen molar-refractivity contribution in [3.05, 3.63) is 90.0 Å². The molecule has 208 valence electrons. The Labute approximate surface area is 231 Å². The average molecular weight is 552 g/mol. The van der Waals surface area contributed by atoms with E-state index in [1.807, 2.05) is 26.0 Å². The number of para-hydroxylation sites is 1. The van der Waals surface area contributed by atoms with Crippen LogP contribution in [0.25, 0.3) is 0 Å². The summed E-state index contributed by atoms with van der Waals surface area (Å²) in [5, 5.41) is 2.93. The number of methoxy groups -OCH3 is 1. The van der Waals surface area contributed by atoms with E-state index in [1.165, 1.54) is 17.0 Å². The number of nitrogens with one attached hydrogen (secondary N) is 1. The van der Waals surface area contributed by atoms with Crippen LogP contribution in [0.1, 0.15) is 38.3 Å². The Morgan fingerprint density at radius 2 is 1.62 bits per heavy atom. The van der Waals surface area contributed by atoms with E-state index in [4.69, 9.17) is 4.74 Å². The maximum absolute atomic E-state index is 14.0. The average Bonchev–Trinajstić information content (AvgIpc) is 2.95. The number of anilines is 1. The fraction of sp³-hybridized carbons (Fsp3) is 0.333. The predicted molar refractivity (Wildman–Crippen MR) is 153 cm³/mol. The Bertz CT molecular complexity index is 1380. The summed E-state index contributed by atoms with van der Waals surface area (Å²) < 4.78 is 34.1. The number of hydrogen-bond acceptors (Lipinski definition) is 5. The van der Waals surface area contributed by atoms with E-state index >= 15 is 0 Å². The Morgan fingerprint density at radius 3 is 2.26 bits per heavy atom. The van der Waals surface area contributed by atoms with E-state index in [2.05, 4.69) is 5.32 Å².